The Kier molecular flexibility index (Phi) is 6.27. The molecule has 0 bridgehead atoms. The Bertz CT molecular complexity index is 926. The average Bonchev–Trinajstić information content (AvgIpc) is 3.15. The maximum Gasteiger partial charge on any atom is 0.0495 e. The van der Waals surface area contributed by atoms with Crippen LogP contribution in [0, 0.1) is 34.5 Å². The van der Waals surface area contributed by atoms with Crippen molar-refractivity contribution in [1.29, 1.82) is 0 Å². The number of hydrogen-bond donors (Lipinski definition) is 0. The van der Waals surface area contributed by atoms with Crippen LogP contribution in [0.1, 0.15) is 83.6 Å². The third-order valence-corrected chi connectivity index (χ3v) is 10.4. The zero-order valence-corrected chi connectivity index (χ0v) is 21.3. The molecular weight excluding hydrogens is 402 g/mol. The van der Waals surface area contributed by atoms with Gasteiger partial charge in [0, 0.05) is 37.1 Å². The highest BCUT2D eigenvalue weighted by Gasteiger charge is 2.58. The molecule has 4 aliphatic carbocycles. The summed E-state index contributed by atoms with van der Waals surface area (Å²) in [7, 11) is 4.14. The second-order valence-corrected chi connectivity index (χ2v) is 12.1. The number of fused-ring (bicyclic) bond motifs is 5. The molecule has 33 heavy (non-hydrogen) atoms. The van der Waals surface area contributed by atoms with Gasteiger partial charge in [0.1, 0.15) is 0 Å². The predicted molar refractivity (Wildman–Crippen MR) is 142 cm³/mol. The summed E-state index contributed by atoms with van der Waals surface area (Å²) in [5, 5.41) is 9.31. The van der Waals surface area contributed by atoms with E-state index in [-0.39, 0.29) is 5.41 Å². The van der Waals surface area contributed by atoms with Gasteiger partial charge < -0.3 is 4.90 Å². The van der Waals surface area contributed by atoms with Crippen molar-refractivity contribution in [2.45, 2.75) is 78.1 Å². The molecule has 6 unspecified atom stereocenters. The molecule has 4 aliphatic rings. The second kappa shape index (κ2) is 9.04. The zero-order valence-electron chi connectivity index (χ0n) is 21.3. The first-order valence-electron chi connectivity index (χ1n) is 13.5. The van der Waals surface area contributed by atoms with Crippen molar-refractivity contribution in [3.8, 4) is 0 Å². The Morgan fingerprint density at radius 1 is 0.909 bits per heavy atom. The van der Waals surface area contributed by atoms with Gasteiger partial charge in [0.15, 0.2) is 0 Å². The molecule has 0 N–H and O–H groups in total. The SMILES string of the molecule is CN(C)c1ccc(/C=C/C=N/N=C2\CCC3C4CCC5CCCCC5(C)C4CCC23C)cc1. The Morgan fingerprint density at radius 3 is 2.52 bits per heavy atom. The molecule has 1 aromatic rings. The lowest BCUT2D eigenvalue weighted by Crippen LogP contribution is -2.52. The van der Waals surface area contributed by atoms with Crippen LogP contribution < -0.4 is 4.90 Å². The quantitative estimate of drug-likeness (QED) is 0.346. The summed E-state index contributed by atoms with van der Waals surface area (Å²) in [6.07, 6.45) is 20.1. The molecule has 4 saturated carbocycles. The lowest BCUT2D eigenvalue weighted by molar-refractivity contribution is -0.0936. The fraction of sp³-hybridized carbons (Fsp3) is 0.667. The van der Waals surface area contributed by atoms with E-state index in [2.05, 4.69) is 68.3 Å². The van der Waals surface area contributed by atoms with Gasteiger partial charge >= 0.3 is 0 Å². The predicted octanol–water partition coefficient (Wildman–Crippen LogP) is 7.63. The first kappa shape index (κ1) is 22.9. The van der Waals surface area contributed by atoms with Crippen molar-refractivity contribution in [3.05, 3.63) is 35.9 Å². The summed E-state index contributed by atoms with van der Waals surface area (Å²) in [4.78, 5) is 2.12. The molecular formula is C30H43N3. The molecule has 0 spiro atoms. The van der Waals surface area contributed by atoms with E-state index in [1.165, 1.54) is 74.7 Å². The topological polar surface area (TPSA) is 28.0 Å². The molecule has 0 aliphatic heterocycles. The molecule has 0 aromatic heterocycles. The minimum atomic E-state index is 0.280. The summed E-state index contributed by atoms with van der Waals surface area (Å²) in [5.74, 6) is 3.71. The molecule has 0 amide bonds. The van der Waals surface area contributed by atoms with E-state index in [0.29, 0.717) is 5.41 Å². The van der Waals surface area contributed by atoms with Gasteiger partial charge in [-0.15, -0.1) is 0 Å². The lowest BCUT2D eigenvalue weighted by Gasteiger charge is -2.59. The number of rotatable bonds is 4. The Hall–Kier alpha value is -1.90. The monoisotopic (exact) mass is 445 g/mol. The summed E-state index contributed by atoms with van der Waals surface area (Å²) in [6.45, 7) is 5.19. The maximum absolute atomic E-state index is 4.81. The Labute approximate surface area is 201 Å². The molecule has 0 heterocycles. The molecule has 0 radical (unpaired) electrons. The van der Waals surface area contributed by atoms with Crippen LogP contribution in [0.25, 0.3) is 6.08 Å². The van der Waals surface area contributed by atoms with E-state index in [1.54, 1.807) is 0 Å². The van der Waals surface area contributed by atoms with E-state index < -0.39 is 0 Å². The lowest BCUT2D eigenvalue weighted by atomic mass is 9.45. The smallest absolute Gasteiger partial charge is 0.0495 e. The highest BCUT2D eigenvalue weighted by molar-refractivity contribution is 5.93. The third-order valence-electron chi connectivity index (χ3n) is 10.4. The fourth-order valence-corrected chi connectivity index (χ4v) is 8.43. The number of allylic oxidation sites excluding steroid dienone is 1. The van der Waals surface area contributed by atoms with Crippen molar-refractivity contribution in [2.24, 2.45) is 44.7 Å². The third kappa shape index (κ3) is 4.10. The maximum atomic E-state index is 4.81. The molecule has 178 valence electrons. The highest BCUT2D eigenvalue weighted by atomic mass is 15.2. The van der Waals surface area contributed by atoms with Gasteiger partial charge in [0.2, 0.25) is 0 Å². The molecule has 3 nitrogen and oxygen atoms in total. The zero-order chi connectivity index (χ0) is 23.1. The number of hydrogen-bond acceptors (Lipinski definition) is 3. The Balaban J connectivity index is 1.25. The summed E-state index contributed by atoms with van der Waals surface area (Å²) >= 11 is 0. The number of nitrogens with zero attached hydrogens (tertiary/aromatic N) is 3. The first-order valence-corrected chi connectivity index (χ1v) is 13.5. The van der Waals surface area contributed by atoms with Gasteiger partial charge in [-0.05, 0) is 104 Å². The summed E-state index contributed by atoms with van der Waals surface area (Å²) in [6, 6.07) is 8.59. The van der Waals surface area contributed by atoms with Gasteiger partial charge in [0.25, 0.3) is 0 Å². The number of anilines is 1. The summed E-state index contributed by atoms with van der Waals surface area (Å²) in [5.41, 5.74) is 4.69. The van der Waals surface area contributed by atoms with Crippen molar-refractivity contribution < 1.29 is 0 Å². The highest BCUT2D eigenvalue weighted by Crippen LogP contribution is 2.65. The van der Waals surface area contributed by atoms with Crippen molar-refractivity contribution in [2.75, 3.05) is 19.0 Å². The number of benzene rings is 1. The van der Waals surface area contributed by atoms with E-state index in [0.717, 1.165) is 30.1 Å². The Morgan fingerprint density at radius 2 is 1.73 bits per heavy atom. The van der Waals surface area contributed by atoms with Crippen LogP contribution in [0.4, 0.5) is 5.69 Å². The summed E-state index contributed by atoms with van der Waals surface area (Å²) < 4.78 is 0. The average molecular weight is 446 g/mol. The van der Waals surface area contributed by atoms with Gasteiger partial charge in [0.05, 0.1) is 0 Å². The van der Waals surface area contributed by atoms with Gasteiger partial charge in [-0.25, -0.2) is 0 Å². The van der Waals surface area contributed by atoms with Crippen LogP contribution in [0.5, 0.6) is 0 Å². The van der Waals surface area contributed by atoms with Crippen LogP contribution in [-0.4, -0.2) is 26.0 Å². The van der Waals surface area contributed by atoms with E-state index >= 15 is 0 Å². The molecule has 5 rings (SSSR count). The van der Waals surface area contributed by atoms with Crippen molar-refractivity contribution in [1.82, 2.24) is 0 Å². The van der Waals surface area contributed by atoms with Crippen LogP contribution in [0.15, 0.2) is 40.5 Å². The van der Waals surface area contributed by atoms with Crippen molar-refractivity contribution >= 4 is 23.7 Å². The standard InChI is InChI=1S/C30H43N3/c1-29-19-6-5-9-23(29)12-15-25-26-16-17-28(30(26,2)20-18-27(25)29)32-31-21-7-8-22-10-13-24(14-11-22)33(3)4/h7-8,10-11,13-14,21,23,25-27H,5-6,9,12,15-20H2,1-4H3/b8-7+,31-21+,32-28+. The van der Waals surface area contributed by atoms with Crippen LogP contribution in [0.2, 0.25) is 0 Å². The van der Waals surface area contributed by atoms with Crippen molar-refractivity contribution in [3.63, 3.8) is 0 Å². The molecule has 3 heteroatoms. The van der Waals surface area contributed by atoms with Gasteiger partial charge in [-0.2, -0.15) is 10.2 Å². The van der Waals surface area contributed by atoms with Gasteiger partial charge in [-0.1, -0.05) is 44.9 Å². The molecule has 1 aromatic carbocycles. The van der Waals surface area contributed by atoms with Gasteiger partial charge in [-0.3, -0.25) is 0 Å². The molecule has 6 atom stereocenters. The molecule has 4 fully saturated rings. The largest absolute Gasteiger partial charge is 0.378 e. The van der Waals surface area contributed by atoms with Crippen LogP contribution >= 0.6 is 0 Å². The van der Waals surface area contributed by atoms with Crippen LogP contribution in [0.3, 0.4) is 0 Å². The molecule has 0 saturated heterocycles. The minimum absolute atomic E-state index is 0.280. The fourth-order valence-electron chi connectivity index (χ4n) is 8.43. The second-order valence-electron chi connectivity index (χ2n) is 12.1. The van der Waals surface area contributed by atoms with E-state index in [1.807, 2.05) is 12.3 Å². The van der Waals surface area contributed by atoms with E-state index in [4.69, 9.17) is 5.10 Å². The minimum Gasteiger partial charge on any atom is -0.378 e. The first-order chi connectivity index (χ1) is 15.9. The van der Waals surface area contributed by atoms with E-state index in [9.17, 15) is 0 Å². The normalized spacial score (nSPS) is 39.6. The van der Waals surface area contributed by atoms with Crippen LogP contribution in [-0.2, 0) is 0 Å².